The molecule has 204 valence electrons. The van der Waals surface area contributed by atoms with Crippen molar-refractivity contribution in [2.75, 3.05) is 13.7 Å². The summed E-state index contributed by atoms with van der Waals surface area (Å²) in [6.45, 7) is 9.05. The maximum Gasteiger partial charge on any atom is 0.411 e. The predicted octanol–water partition coefficient (Wildman–Crippen LogP) is 6.53. The molecule has 0 N–H and O–H groups in total. The van der Waals surface area contributed by atoms with Gasteiger partial charge in [-0.15, -0.1) is 11.3 Å². The lowest BCUT2D eigenvalue weighted by atomic mass is 10.0. The zero-order valence-corrected chi connectivity index (χ0v) is 23.9. The van der Waals surface area contributed by atoms with Crippen LogP contribution in [0.1, 0.15) is 63.8 Å². The van der Waals surface area contributed by atoms with Crippen molar-refractivity contribution in [1.82, 2.24) is 9.88 Å². The molecule has 3 aromatic rings. The van der Waals surface area contributed by atoms with Gasteiger partial charge in [0.2, 0.25) is 0 Å². The van der Waals surface area contributed by atoms with E-state index in [2.05, 4.69) is 17.1 Å². The fourth-order valence-corrected chi connectivity index (χ4v) is 5.62. The number of methoxy groups -OCH3 is 1. The lowest BCUT2D eigenvalue weighted by molar-refractivity contribution is -0.142. The Labute approximate surface area is 233 Å². The second-order valence-electron chi connectivity index (χ2n) is 10.6. The van der Waals surface area contributed by atoms with Crippen LogP contribution < -0.4 is 4.74 Å². The molecule has 1 amide bonds. The molecule has 0 saturated heterocycles. The lowest BCUT2D eigenvalue weighted by Crippen LogP contribution is -2.41. The van der Waals surface area contributed by atoms with Crippen LogP contribution in [-0.4, -0.2) is 47.3 Å². The number of rotatable bonds is 7. The number of ether oxygens (including phenoxy) is 3. The first kappa shape index (κ1) is 28.1. The third kappa shape index (κ3) is 6.40. The molecule has 1 aliphatic rings. The van der Waals surface area contributed by atoms with Gasteiger partial charge < -0.3 is 14.2 Å². The van der Waals surface area contributed by atoms with Crippen molar-refractivity contribution in [2.45, 2.75) is 65.2 Å². The number of benzene rings is 2. The van der Waals surface area contributed by atoms with E-state index in [1.165, 1.54) is 12.0 Å². The normalized spacial score (nSPS) is 14.5. The lowest BCUT2D eigenvalue weighted by Gasteiger charge is -2.31. The first-order valence-corrected chi connectivity index (χ1v) is 13.7. The van der Waals surface area contributed by atoms with Crippen LogP contribution in [0.2, 0.25) is 0 Å². The van der Waals surface area contributed by atoms with E-state index in [9.17, 15) is 14.9 Å². The topological polar surface area (TPSA) is 102 Å². The summed E-state index contributed by atoms with van der Waals surface area (Å²) in [5.41, 5.74) is 3.76. The summed E-state index contributed by atoms with van der Waals surface area (Å²) in [6, 6.07) is 13.4. The third-order valence-electron chi connectivity index (χ3n) is 6.25. The largest absolute Gasteiger partial charge is 0.490 e. The van der Waals surface area contributed by atoms with Crippen LogP contribution in [0.25, 0.3) is 21.0 Å². The maximum atomic E-state index is 13.1. The zero-order valence-electron chi connectivity index (χ0n) is 23.1. The van der Waals surface area contributed by atoms with Gasteiger partial charge in [-0.1, -0.05) is 18.2 Å². The van der Waals surface area contributed by atoms with Gasteiger partial charge >= 0.3 is 12.1 Å². The number of carbonyl (C=O) groups excluding carboxylic acids is 2. The van der Waals surface area contributed by atoms with Gasteiger partial charge in [0.25, 0.3) is 0 Å². The number of aromatic nitrogens is 1. The van der Waals surface area contributed by atoms with E-state index in [0.29, 0.717) is 17.7 Å². The van der Waals surface area contributed by atoms with Crippen molar-refractivity contribution in [3.8, 4) is 32.8 Å². The van der Waals surface area contributed by atoms with Gasteiger partial charge in [-0.3, -0.25) is 9.69 Å². The molecule has 1 aliphatic carbocycles. The number of nitriles is 1. The van der Waals surface area contributed by atoms with E-state index in [1.54, 1.807) is 38.2 Å². The van der Waals surface area contributed by atoms with Crippen molar-refractivity contribution in [1.29, 1.82) is 5.26 Å². The molecule has 0 bridgehead atoms. The fourth-order valence-electron chi connectivity index (χ4n) is 4.65. The van der Waals surface area contributed by atoms with Crippen molar-refractivity contribution >= 4 is 23.4 Å². The summed E-state index contributed by atoms with van der Waals surface area (Å²) < 4.78 is 16.2. The van der Waals surface area contributed by atoms with Gasteiger partial charge in [0, 0.05) is 11.8 Å². The molecule has 0 saturated carbocycles. The molecule has 39 heavy (non-hydrogen) atoms. The Balaban J connectivity index is 1.65. The van der Waals surface area contributed by atoms with E-state index < -0.39 is 17.7 Å². The van der Waals surface area contributed by atoms with E-state index >= 15 is 0 Å². The molecule has 4 rings (SSSR count). The highest BCUT2D eigenvalue weighted by Gasteiger charge is 2.36. The Morgan fingerprint density at radius 2 is 2.00 bits per heavy atom. The number of hydrogen-bond donors (Lipinski definition) is 0. The zero-order chi connectivity index (χ0) is 28.3. The summed E-state index contributed by atoms with van der Waals surface area (Å²) in [7, 11) is 1.31. The summed E-state index contributed by atoms with van der Waals surface area (Å²) in [5, 5.41) is 10.4. The van der Waals surface area contributed by atoms with Crippen LogP contribution in [0.4, 0.5) is 4.79 Å². The molecule has 1 aromatic heterocycles. The van der Waals surface area contributed by atoms with Gasteiger partial charge in [0.1, 0.15) is 29.0 Å². The minimum Gasteiger partial charge on any atom is -0.490 e. The smallest absolute Gasteiger partial charge is 0.411 e. The van der Waals surface area contributed by atoms with E-state index in [0.717, 1.165) is 38.6 Å². The molecule has 1 atom stereocenters. The Morgan fingerprint density at radius 1 is 1.23 bits per heavy atom. The Bertz CT molecular complexity index is 1420. The summed E-state index contributed by atoms with van der Waals surface area (Å²) in [6.07, 6.45) is 2.67. The molecule has 2 aromatic carbocycles. The molecule has 0 unspecified atom stereocenters. The van der Waals surface area contributed by atoms with E-state index in [1.807, 2.05) is 44.3 Å². The van der Waals surface area contributed by atoms with Crippen LogP contribution in [-0.2, 0) is 20.7 Å². The van der Waals surface area contributed by atoms with Crippen LogP contribution in [0.3, 0.4) is 0 Å². The Kier molecular flexibility index (Phi) is 8.26. The minimum atomic E-state index is -0.696. The molecule has 0 fully saturated rings. The first-order chi connectivity index (χ1) is 18.5. The van der Waals surface area contributed by atoms with Crippen molar-refractivity contribution in [3.05, 3.63) is 59.3 Å². The molecule has 1 heterocycles. The Morgan fingerprint density at radius 3 is 2.67 bits per heavy atom. The van der Waals surface area contributed by atoms with Crippen LogP contribution in [0.5, 0.6) is 5.75 Å². The quantitative estimate of drug-likeness (QED) is 0.310. The summed E-state index contributed by atoms with van der Waals surface area (Å²) in [5.74, 6) is 0.0561. The van der Waals surface area contributed by atoms with Crippen LogP contribution in [0, 0.1) is 11.3 Å². The predicted molar refractivity (Wildman–Crippen MR) is 149 cm³/mol. The van der Waals surface area contributed by atoms with Crippen molar-refractivity contribution in [3.63, 3.8) is 0 Å². The van der Waals surface area contributed by atoms with Crippen molar-refractivity contribution < 1.29 is 23.8 Å². The number of thiazole rings is 1. The molecule has 0 radical (unpaired) electrons. The standard InChI is InChI=1S/C30H33N3O5S/c1-18(2)37-25-13-10-19(14-20(25)15-31)28-32-16-26(39-28)23-9-7-8-22-21(23)11-12-24(22)33(17-27(34)36-6)29(35)38-30(3,4)5/h7-10,13-14,16,18,24H,11-12,17H2,1-6H3/t24-/m1/s1. The van der Waals surface area contributed by atoms with Crippen LogP contribution in [0.15, 0.2) is 42.6 Å². The highest BCUT2D eigenvalue weighted by atomic mass is 32.1. The van der Waals surface area contributed by atoms with Crippen molar-refractivity contribution in [2.24, 2.45) is 0 Å². The maximum absolute atomic E-state index is 13.1. The molecule has 9 heteroatoms. The van der Waals surface area contributed by atoms with Gasteiger partial charge in [-0.2, -0.15) is 5.26 Å². The second-order valence-corrected chi connectivity index (χ2v) is 11.7. The first-order valence-electron chi connectivity index (χ1n) is 12.9. The third-order valence-corrected chi connectivity index (χ3v) is 7.33. The SMILES string of the molecule is COC(=O)CN(C(=O)OC(C)(C)C)[C@@H]1CCc2c(-c3cnc(-c4ccc(OC(C)C)c(C#N)c4)s3)cccc21. The number of carbonyl (C=O) groups is 2. The van der Waals surface area contributed by atoms with E-state index in [-0.39, 0.29) is 18.7 Å². The molecular formula is C30H33N3O5S. The fraction of sp³-hybridized carbons (Fsp3) is 0.400. The van der Waals surface area contributed by atoms with Gasteiger partial charge in [0.05, 0.1) is 29.7 Å². The number of esters is 1. The summed E-state index contributed by atoms with van der Waals surface area (Å²) >= 11 is 1.54. The summed E-state index contributed by atoms with van der Waals surface area (Å²) in [4.78, 5) is 32.4. The van der Waals surface area contributed by atoms with Gasteiger partial charge in [-0.05, 0) is 82.3 Å². The number of amides is 1. The van der Waals surface area contributed by atoms with Crippen LogP contribution >= 0.6 is 11.3 Å². The average molecular weight is 548 g/mol. The monoisotopic (exact) mass is 547 g/mol. The van der Waals surface area contributed by atoms with Gasteiger partial charge in [-0.25, -0.2) is 9.78 Å². The number of hydrogen-bond acceptors (Lipinski definition) is 8. The minimum absolute atomic E-state index is 0.0303. The van der Waals surface area contributed by atoms with Gasteiger partial charge in [0.15, 0.2) is 0 Å². The highest BCUT2D eigenvalue weighted by Crippen LogP contribution is 2.43. The Hall–Kier alpha value is -3.90. The number of nitrogens with zero attached hydrogens (tertiary/aromatic N) is 3. The second kappa shape index (κ2) is 11.5. The molecule has 0 aliphatic heterocycles. The number of fused-ring (bicyclic) bond motifs is 1. The highest BCUT2D eigenvalue weighted by molar-refractivity contribution is 7.18. The van der Waals surface area contributed by atoms with E-state index in [4.69, 9.17) is 14.2 Å². The molecular weight excluding hydrogens is 514 g/mol. The molecule has 0 spiro atoms. The molecule has 8 nitrogen and oxygen atoms in total. The average Bonchev–Trinajstić information content (AvgIpc) is 3.53.